The fourth-order valence-electron chi connectivity index (χ4n) is 2.60. The fourth-order valence-corrected chi connectivity index (χ4v) is 2.98. The molecule has 0 unspecified atom stereocenters. The van der Waals surface area contributed by atoms with Crippen LogP contribution in [0.4, 0.5) is 5.69 Å². The monoisotopic (exact) mass is 385 g/mol. The number of halogens is 1. The molecule has 0 saturated carbocycles. The zero-order valence-corrected chi connectivity index (χ0v) is 15.6. The van der Waals surface area contributed by atoms with Crippen molar-refractivity contribution in [1.29, 1.82) is 5.26 Å². The van der Waals surface area contributed by atoms with Gasteiger partial charge in [-0.3, -0.25) is 4.79 Å². The quantitative estimate of drug-likeness (QED) is 0.592. The molecule has 5 heteroatoms. The zero-order valence-electron chi connectivity index (χ0n) is 14.1. The van der Waals surface area contributed by atoms with Gasteiger partial charge in [-0.2, -0.15) is 5.26 Å². The van der Waals surface area contributed by atoms with Crippen molar-refractivity contribution in [3.05, 3.63) is 57.3 Å². The molecule has 124 valence electrons. The Hall–Kier alpha value is -2.32. The molecular formula is C19H20BrN3O. The standard InChI is InChI=1S/C19H20BrN3O/c1-4-9-23-13(2)10-15(14(23)3)11-16(12-21)19(24)22-18-8-6-5-7-17(18)20/h5-8,10-11H,4,9H2,1-3H3,(H,22,24)/b16-11+. The summed E-state index contributed by atoms with van der Waals surface area (Å²) in [4.78, 5) is 12.4. The van der Waals surface area contributed by atoms with Crippen LogP contribution in [0.1, 0.15) is 30.3 Å². The first-order valence-corrected chi connectivity index (χ1v) is 8.61. The highest BCUT2D eigenvalue weighted by molar-refractivity contribution is 9.10. The van der Waals surface area contributed by atoms with E-state index >= 15 is 0 Å². The first-order chi connectivity index (χ1) is 11.5. The van der Waals surface area contributed by atoms with Crippen molar-refractivity contribution in [1.82, 2.24) is 4.57 Å². The Labute approximate surface area is 150 Å². The van der Waals surface area contributed by atoms with Gasteiger partial charge in [-0.25, -0.2) is 0 Å². The number of hydrogen-bond acceptors (Lipinski definition) is 2. The first-order valence-electron chi connectivity index (χ1n) is 7.82. The Morgan fingerprint density at radius 1 is 1.38 bits per heavy atom. The largest absolute Gasteiger partial charge is 0.349 e. The van der Waals surface area contributed by atoms with Crippen LogP contribution in [0.5, 0.6) is 0 Å². The van der Waals surface area contributed by atoms with Gasteiger partial charge < -0.3 is 9.88 Å². The van der Waals surface area contributed by atoms with E-state index in [0.717, 1.165) is 34.4 Å². The smallest absolute Gasteiger partial charge is 0.266 e. The van der Waals surface area contributed by atoms with Gasteiger partial charge in [-0.15, -0.1) is 0 Å². The second-order valence-corrected chi connectivity index (χ2v) is 6.44. The Kier molecular flexibility index (Phi) is 5.99. The number of carbonyl (C=O) groups is 1. The number of amides is 1. The van der Waals surface area contributed by atoms with Crippen molar-refractivity contribution in [3.8, 4) is 6.07 Å². The summed E-state index contributed by atoms with van der Waals surface area (Å²) in [6.07, 6.45) is 2.69. The molecule has 0 aliphatic heterocycles. The maximum atomic E-state index is 12.4. The summed E-state index contributed by atoms with van der Waals surface area (Å²) in [5, 5.41) is 12.1. The van der Waals surface area contributed by atoms with Gasteiger partial charge in [0.05, 0.1) is 5.69 Å². The molecule has 0 aliphatic rings. The number of nitrogens with one attached hydrogen (secondary N) is 1. The molecule has 0 spiro atoms. The third-order valence-corrected chi connectivity index (χ3v) is 4.54. The Morgan fingerprint density at radius 3 is 2.71 bits per heavy atom. The molecule has 1 aromatic heterocycles. The summed E-state index contributed by atoms with van der Waals surface area (Å²) in [6, 6.07) is 11.3. The number of carbonyl (C=O) groups excluding carboxylic acids is 1. The van der Waals surface area contributed by atoms with Crippen LogP contribution in [-0.2, 0) is 11.3 Å². The fraction of sp³-hybridized carbons (Fsp3) is 0.263. The van der Waals surface area contributed by atoms with E-state index in [-0.39, 0.29) is 5.57 Å². The first kappa shape index (κ1) is 18.0. The minimum Gasteiger partial charge on any atom is -0.349 e. The molecule has 0 fully saturated rings. The predicted molar refractivity (Wildman–Crippen MR) is 101 cm³/mol. The molecule has 0 bridgehead atoms. The van der Waals surface area contributed by atoms with Crippen LogP contribution in [0, 0.1) is 25.2 Å². The number of nitriles is 1. The van der Waals surface area contributed by atoms with E-state index in [9.17, 15) is 10.1 Å². The van der Waals surface area contributed by atoms with Gasteiger partial charge in [-0.05, 0) is 66.0 Å². The lowest BCUT2D eigenvalue weighted by atomic mass is 10.1. The van der Waals surface area contributed by atoms with E-state index < -0.39 is 5.91 Å². The summed E-state index contributed by atoms with van der Waals surface area (Å²) in [5.41, 5.74) is 3.82. The predicted octanol–water partition coefficient (Wildman–Crippen LogP) is 4.82. The summed E-state index contributed by atoms with van der Waals surface area (Å²) in [6.45, 7) is 7.10. The lowest BCUT2D eigenvalue weighted by molar-refractivity contribution is -0.112. The van der Waals surface area contributed by atoms with Crippen molar-refractivity contribution in [2.24, 2.45) is 0 Å². The molecule has 0 radical (unpaired) electrons. The molecule has 1 heterocycles. The summed E-state index contributed by atoms with van der Waals surface area (Å²) in [7, 11) is 0. The number of aryl methyl sites for hydroxylation is 1. The molecule has 4 nitrogen and oxygen atoms in total. The van der Waals surface area contributed by atoms with Crippen LogP contribution in [0.15, 0.2) is 40.4 Å². The highest BCUT2D eigenvalue weighted by Gasteiger charge is 2.13. The molecule has 1 amide bonds. The average molecular weight is 386 g/mol. The SMILES string of the molecule is CCCn1c(C)cc(/C=C(\C#N)C(=O)Nc2ccccc2Br)c1C. The number of aromatic nitrogens is 1. The molecule has 1 aromatic carbocycles. The molecule has 2 aromatic rings. The number of para-hydroxylation sites is 1. The van der Waals surface area contributed by atoms with Crippen LogP contribution >= 0.6 is 15.9 Å². The van der Waals surface area contributed by atoms with E-state index in [1.165, 1.54) is 0 Å². The van der Waals surface area contributed by atoms with Gasteiger partial charge in [0.2, 0.25) is 0 Å². The molecule has 2 rings (SSSR count). The van der Waals surface area contributed by atoms with Crippen LogP contribution in [0.3, 0.4) is 0 Å². The van der Waals surface area contributed by atoms with Crippen LogP contribution < -0.4 is 5.32 Å². The Morgan fingerprint density at radius 2 is 2.08 bits per heavy atom. The second-order valence-electron chi connectivity index (χ2n) is 5.58. The molecule has 24 heavy (non-hydrogen) atoms. The van der Waals surface area contributed by atoms with E-state index in [1.807, 2.05) is 44.2 Å². The van der Waals surface area contributed by atoms with Crippen molar-refractivity contribution < 1.29 is 4.79 Å². The Balaban J connectivity index is 2.30. The third-order valence-electron chi connectivity index (χ3n) is 3.85. The van der Waals surface area contributed by atoms with E-state index in [2.05, 4.69) is 32.7 Å². The maximum absolute atomic E-state index is 12.4. The van der Waals surface area contributed by atoms with Crippen LogP contribution in [0.25, 0.3) is 6.08 Å². The molecule has 0 atom stereocenters. The minimum absolute atomic E-state index is 0.0856. The Bertz CT molecular complexity index is 828. The summed E-state index contributed by atoms with van der Waals surface area (Å²) >= 11 is 3.38. The van der Waals surface area contributed by atoms with Gasteiger partial charge in [0.25, 0.3) is 5.91 Å². The molecule has 0 saturated heterocycles. The highest BCUT2D eigenvalue weighted by atomic mass is 79.9. The number of anilines is 1. The van der Waals surface area contributed by atoms with Crippen molar-refractivity contribution in [2.45, 2.75) is 33.7 Å². The lowest BCUT2D eigenvalue weighted by Crippen LogP contribution is -2.13. The summed E-state index contributed by atoms with van der Waals surface area (Å²) in [5.74, 6) is -0.412. The number of nitrogens with zero attached hydrogens (tertiary/aromatic N) is 2. The number of hydrogen-bond donors (Lipinski definition) is 1. The highest BCUT2D eigenvalue weighted by Crippen LogP contribution is 2.23. The van der Waals surface area contributed by atoms with Gasteiger partial charge in [-0.1, -0.05) is 19.1 Å². The average Bonchev–Trinajstić information content (AvgIpc) is 2.82. The van der Waals surface area contributed by atoms with Crippen LogP contribution in [-0.4, -0.2) is 10.5 Å². The number of rotatable bonds is 5. The maximum Gasteiger partial charge on any atom is 0.266 e. The number of benzene rings is 1. The van der Waals surface area contributed by atoms with Gasteiger partial charge >= 0.3 is 0 Å². The van der Waals surface area contributed by atoms with Crippen LogP contribution in [0.2, 0.25) is 0 Å². The third kappa shape index (κ3) is 3.95. The molecule has 1 N–H and O–H groups in total. The molecule has 0 aliphatic carbocycles. The lowest BCUT2D eigenvalue weighted by Gasteiger charge is -2.07. The van der Waals surface area contributed by atoms with Crippen molar-refractivity contribution >= 4 is 33.6 Å². The van der Waals surface area contributed by atoms with Gasteiger partial charge in [0, 0.05) is 22.4 Å². The van der Waals surface area contributed by atoms with Gasteiger partial charge in [0.1, 0.15) is 11.6 Å². The van der Waals surface area contributed by atoms with E-state index in [1.54, 1.807) is 12.1 Å². The van der Waals surface area contributed by atoms with Gasteiger partial charge in [0.15, 0.2) is 0 Å². The van der Waals surface area contributed by atoms with E-state index in [0.29, 0.717) is 5.69 Å². The zero-order chi connectivity index (χ0) is 17.7. The van der Waals surface area contributed by atoms with Crippen molar-refractivity contribution in [3.63, 3.8) is 0 Å². The minimum atomic E-state index is -0.412. The van der Waals surface area contributed by atoms with E-state index in [4.69, 9.17) is 0 Å². The summed E-state index contributed by atoms with van der Waals surface area (Å²) < 4.78 is 2.98. The normalized spacial score (nSPS) is 11.2. The molecular weight excluding hydrogens is 366 g/mol. The van der Waals surface area contributed by atoms with Crippen molar-refractivity contribution in [2.75, 3.05) is 5.32 Å². The topological polar surface area (TPSA) is 57.8 Å². The second kappa shape index (κ2) is 7.98.